The third-order valence-electron chi connectivity index (χ3n) is 18.3. The molecular weight excluding hydrogens is 1500 g/mol. The second-order valence-corrected chi connectivity index (χ2v) is 30.7. The van der Waals surface area contributed by atoms with Crippen molar-refractivity contribution in [3.8, 4) is 41.8 Å². The second kappa shape index (κ2) is 41.1. The van der Waals surface area contributed by atoms with Crippen LogP contribution in [0.15, 0.2) is 150 Å². The van der Waals surface area contributed by atoms with Gasteiger partial charge in [0, 0.05) is 42.4 Å². The van der Waals surface area contributed by atoms with E-state index in [9.17, 15) is 33.9 Å². The van der Waals surface area contributed by atoms with E-state index in [1.807, 2.05) is 146 Å². The fourth-order valence-corrected chi connectivity index (χ4v) is 17.5. The van der Waals surface area contributed by atoms with Gasteiger partial charge in [-0.15, -0.1) is 45.3 Å². The number of halogens is 1. The molecule has 4 saturated heterocycles. The summed E-state index contributed by atoms with van der Waals surface area (Å²) >= 11 is 8.74. The number of thiophene rings is 4. The predicted molar refractivity (Wildman–Crippen MR) is 415 cm³/mol. The average Bonchev–Trinajstić information content (AvgIpc) is 1.63. The highest BCUT2D eigenvalue weighted by atomic mass is 79.9. The number of ether oxygens (including phenoxy) is 11. The number of benzene rings is 4. The number of nitrogens with one attached hydrogen (secondary N) is 1. The highest BCUT2D eigenvalue weighted by Gasteiger charge is 2.37. The van der Waals surface area contributed by atoms with Crippen molar-refractivity contribution in [1.82, 2.24) is 0 Å². The van der Waals surface area contributed by atoms with E-state index in [0.29, 0.717) is 104 Å². The van der Waals surface area contributed by atoms with Crippen LogP contribution < -0.4 is 20.9 Å². The number of aromatic carboxylic acids is 1. The third kappa shape index (κ3) is 22.5. The molecule has 4 N–H and O–H groups in total. The van der Waals surface area contributed by atoms with E-state index >= 15 is 0 Å². The lowest BCUT2D eigenvalue weighted by Crippen LogP contribution is -2.43. The van der Waals surface area contributed by atoms with Gasteiger partial charge in [0.2, 0.25) is 11.8 Å². The zero-order valence-electron chi connectivity index (χ0n) is 60.0. The molecule has 27 heteroatoms. The Balaban J connectivity index is 0.000000150. The summed E-state index contributed by atoms with van der Waals surface area (Å²) in [6.45, 7) is 10.5. The molecule has 2 amide bonds. The Morgan fingerprint density at radius 3 is 1.14 bits per heavy atom. The smallest absolute Gasteiger partial charge is 0.350 e. The molecule has 0 spiro atoms. The molecule has 0 unspecified atom stereocenters. The minimum atomic E-state index is -1.03. The highest BCUT2D eigenvalue weighted by Crippen LogP contribution is 2.43. The van der Waals surface area contributed by atoms with Crippen LogP contribution in [-0.2, 0) is 61.7 Å². The van der Waals surface area contributed by atoms with Crippen molar-refractivity contribution >= 4 is 114 Å². The lowest BCUT2D eigenvalue weighted by molar-refractivity contribution is -0.125. The number of hydrogen-bond acceptors (Lipinski definition) is 23. The van der Waals surface area contributed by atoms with Gasteiger partial charge in [0.05, 0.1) is 111 Å². The van der Waals surface area contributed by atoms with Crippen LogP contribution >= 0.6 is 61.3 Å². The van der Waals surface area contributed by atoms with Crippen LogP contribution in [0.2, 0.25) is 0 Å². The van der Waals surface area contributed by atoms with Crippen LogP contribution in [-0.4, -0.2) is 166 Å². The van der Waals surface area contributed by atoms with Crippen LogP contribution in [0.1, 0.15) is 104 Å². The molecule has 14 rings (SSSR count). The first-order valence-electron chi connectivity index (χ1n) is 35.4. The Labute approximate surface area is 642 Å². The number of methoxy groups -OCH3 is 3. The molecule has 2 aliphatic carbocycles. The number of nitrogens with zero attached hydrogens (tertiary/aromatic N) is 2. The Hall–Kier alpha value is -7.58. The van der Waals surface area contributed by atoms with Gasteiger partial charge in [0.25, 0.3) is 0 Å². The molecule has 0 radical (unpaired) electrons. The van der Waals surface area contributed by atoms with Gasteiger partial charge in [-0.25, -0.2) is 19.2 Å². The molecule has 2 saturated carbocycles. The first-order valence-corrected chi connectivity index (χ1v) is 39.5. The third-order valence-corrected chi connectivity index (χ3v) is 23.8. The Bertz CT molecular complexity index is 4080. The van der Waals surface area contributed by atoms with Crippen LogP contribution in [0.4, 0.5) is 17.1 Å². The van der Waals surface area contributed by atoms with Crippen LogP contribution in [0.3, 0.4) is 0 Å². The first kappa shape index (κ1) is 80.9. The minimum Gasteiger partial charge on any atom is -0.477 e. The molecule has 4 aliphatic heterocycles. The van der Waals surface area contributed by atoms with Crippen molar-refractivity contribution in [2.75, 3.05) is 115 Å². The summed E-state index contributed by atoms with van der Waals surface area (Å²) in [4.78, 5) is 84.2. The van der Waals surface area contributed by atoms with E-state index in [1.165, 1.54) is 66.7 Å². The predicted octanol–water partition coefficient (Wildman–Crippen LogP) is 15.6. The summed E-state index contributed by atoms with van der Waals surface area (Å²) in [7, 11) is 4.14. The monoisotopic (exact) mass is 1590 g/mol. The number of carboxylic acids is 1. The van der Waals surface area contributed by atoms with Crippen LogP contribution in [0.25, 0.3) is 41.8 Å². The quantitative estimate of drug-likeness (QED) is 0.0473. The zero-order valence-corrected chi connectivity index (χ0v) is 64.8. The van der Waals surface area contributed by atoms with E-state index in [0.717, 1.165) is 103 Å². The summed E-state index contributed by atoms with van der Waals surface area (Å²) in [5, 5.41) is 13.1. The molecule has 6 fully saturated rings. The number of hydrogen-bond donors (Lipinski definition) is 3. The van der Waals surface area contributed by atoms with E-state index in [2.05, 4.69) is 35.1 Å². The summed E-state index contributed by atoms with van der Waals surface area (Å²) in [5.41, 5.74) is 11.0. The maximum Gasteiger partial charge on any atom is 0.350 e. The molecular formula is C79H91BrN4O18S4. The van der Waals surface area contributed by atoms with E-state index in [-0.39, 0.29) is 66.1 Å². The molecule has 4 aromatic heterocycles. The molecule has 566 valence electrons. The number of nitrogens with two attached hydrogens (primary N) is 1. The standard InChI is InChI=1S/C24H29NO5S.C23H27NO5S.C16H17NO4S.C12H9BrO2S.C4H9NO2/c1-16-8-10-18(11-9-16)23(26)25(15-21-29-12-13-30-21)19-14-20(17-6-4-3-5-7-17)31-22(19)24(27)28-2;1-15-7-9-17(10-8-15)22(25)24(14-20-28-11-12-29-20)18-13-19(30-21(18)23(26)27)16-5-3-2-4-6-16;1-19-16(18)15-12(17-10-14-20-7-8-21-14)9-13(22-15)11-5-3-2-4-6-11;1-15-12(14)11-9(13)7-10(16-11)8-5-3-2-4-6-8;5-3-4-6-1-2-7-4/h3-7,14,16,18,21H,8-13,15H2,1-2H3;2-6,13,15,17,20H,7-12,14H2,1H3,(H,26,27);2-6,9,14,17H,7-8,10H2,1H3;2-7H,1H3;4H,1-3,5H2. The number of anilines is 3. The van der Waals surface area contributed by atoms with Gasteiger partial charge in [0.15, 0.2) is 25.2 Å². The molecule has 8 heterocycles. The fourth-order valence-electron chi connectivity index (χ4n) is 12.6. The average molecular weight is 1590 g/mol. The number of rotatable bonds is 20. The Kier molecular flexibility index (Phi) is 31.4. The van der Waals surface area contributed by atoms with E-state index < -0.39 is 24.5 Å². The van der Waals surface area contributed by atoms with Gasteiger partial charge in [0.1, 0.15) is 19.5 Å². The molecule has 22 nitrogen and oxygen atoms in total. The molecule has 0 bridgehead atoms. The molecule has 4 aromatic carbocycles. The lowest BCUT2D eigenvalue weighted by Gasteiger charge is -2.32. The topological polar surface area (TPSA) is 269 Å². The molecule has 0 atom stereocenters. The maximum atomic E-state index is 13.7. The van der Waals surface area contributed by atoms with Gasteiger partial charge in [-0.2, -0.15) is 0 Å². The summed E-state index contributed by atoms with van der Waals surface area (Å²) in [5.74, 6) is -0.977. The number of amides is 2. The molecule has 106 heavy (non-hydrogen) atoms. The van der Waals surface area contributed by atoms with E-state index in [1.54, 1.807) is 9.80 Å². The van der Waals surface area contributed by atoms with Crippen LogP contribution in [0, 0.1) is 23.7 Å². The zero-order chi connectivity index (χ0) is 74.9. The van der Waals surface area contributed by atoms with Gasteiger partial charge in [-0.1, -0.05) is 135 Å². The molecule has 6 aliphatic rings. The fraction of sp³-hybridized carbons (Fsp3) is 0.418. The summed E-state index contributed by atoms with van der Waals surface area (Å²) in [6, 6.07) is 47.0. The van der Waals surface area contributed by atoms with E-state index in [4.69, 9.17) is 57.8 Å². The maximum absolute atomic E-state index is 13.7. The summed E-state index contributed by atoms with van der Waals surface area (Å²) in [6.07, 6.45) is 6.12. The highest BCUT2D eigenvalue weighted by molar-refractivity contribution is 9.10. The lowest BCUT2D eigenvalue weighted by atomic mass is 9.82. The van der Waals surface area contributed by atoms with Crippen molar-refractivity contribution in [2.45, 2.75) is 90.4 Å². The first-order chi connectivity index (χ1) is 51.5. The molecule has 8 aromatic rings. The Morgan fingerprint density at radius 1 is 0.443 bits per heavy atom. The van der Waals surface area contributed by atoms with Gasteiger partial charge >= 0.3 is 23.9 Å². The van der Waals surface area contributed by atoms with Crippen molar-refractivity contribution < 1.29 is 86.0 Å². The SMILES string of the molecule is CC1CCC(C(=O)N(CC2OCCO2)c2cc(-c3ccccc3)sc2C(=O)O)CC1.COC(=O)c1sc(-c2ccccc2)cc1Br.COC(=O)c1sc(-c2ccccc2)cc1N(CC1OCCO1)C(=O)C1CCC(C)CC1.COC(=O)c1sc(-c2ccccc2)cc1NCC1OCCO1.NCC1OCCO1. The normalized spacial score (nSPS) is 18.8. The van der Waals surface area contributed by atoms with Crippen molar-refractivity contribution in [3.63, 3.8) is 0 Å². The van der Waals surface area contributed by atoms with Gasteiger partial charge in [-0.3, -0.25) is 9.59 Å². The Morgan fingerprint density at radius 2 is 0.764 bits per heavy atom. The van der Waals surface area contributed by atoms with Gasteiger partial charge in [-0.05, 0) is 126 Å². The van der Waals surface area contributed by atoms with Crippen LogP contribution in [0.5, 0.6) is 0 Å². The van der Waals surface area contributed by atoms with Crippen molar-refractivity contribution in [2.24, 2.45) is 29.4 Å². The number of carbonyl (C=O) groups is 6. The van der Waals surface area contributed by atoms with Crippen molar-refractivity contribution in [3.05, 3.63) is 170 Å². The second-order valence-electron chi connectivity index (χ2n) is 25.6. The number of carbonyl (C=O) groups excluding carboxylic acids is 5. The number of esters is 3. The number of carboxylic acid groups (broad SMARTS) is 1. The summed E-state index contributed by atoms with van der Waals surface area (Å²) < 4.78 is 58.6. The van der Waals surface area contributed by atoms with Gasteiger partial charge < -0.3 is 78.1 Å². The minimum absolute atomic E-state index is 0.0269. The largest absolute Gasteiger partial charge is 0.477 e. The van der Waals surface area contributed by atoms with Crippen molar-refractivity contribution in [1.29, 1.82) is 0 Å².